The predicted octanol–water partition coefficient (Wildman–Crippen LogP) is 1.41. The van der Waals surface area contributed by atoms with Crippen LogP contribution in [-0.4, -0.2) is 51.6 Å². The van der Waals surface area contributed by atoms with E-state index in [1.54, 1.807) is 13.1 Å². The highest BCUT2D eigenvalue weighted by Gasteiger charge is 2.21. The minimum absolute atomic E-state index is 0.0991. The van der Waals surface area contributed by atoms with Crippen LogP contribution in [0.15, 0.2) is 18.2 Å². The highest BCUT2D eigenvalue weighted by molar-refractivity contribution is 5.96. The maximum Gasteiger partial charge on any atom is 0.251 e. The Labute approximate surface area is 127 Å². The van der Waals surface area contributed by atoms with Gasteiger partial charge < -0.3 is 20.9 Å². The zero-order valence-electron chi connectivity index (χ0n) is 13.2. The second-order valence-corrected chi connectivity index (χ2v) is 6.05. The summed E-state index contributed by atoms with van der Waals surface area (Å²) < 4.78 is 0. The number of piperidine rings is 1. The van der Waals surface area contributed by atoms with Gasteiger partial charge in [0.25, 0.3) is 5.91 Å². The van der Waals surface area contributed by atoms with Gasteiger partial charge >= 0.3 is 0 Å². The molecule has 1 aromatic rings. The molecule has 1 aromatic carbocycles. The lowest BCUT2D eigenvalue weighted by Gasteiger charge is -2.35. The first-order chi connectivity index (χ1) is 10.0. The van der Waals surface area contributed by atoms with E-state index >= 15 is 0 Å². The van der Waals surface area contributed by atoms with Crippen molar-refractivity contribution in [3.63, 3.8) is 0 Å². The molecule has 1 saturated heterocycles. The van der Waals surface area contributed by atoms with E-state index in [0.717, 1.165) is 31.2 Å². The quantitative estimate of drug-likeness (QED) is 0.823. The molecule has 0 unspecified atom stereocenters. The minimum atomic E-state index is -0.0991. The first-order valence-electron chi connectivity index (χ1n) is 7.52. The molecule has 0 bridgehead atoms. The number of benzene rings is 1. The van der Waals surface area contributed by atoms with Crippen LogP contribution < -0.4 is 16.0 Å². The Balaban J connectivity index is 2.02. The van der Waals surface area contributed by atoms with Crippen molar-refractivity contribution < 1.29 is 4.79 Å². The lowest BCUT2D eigenvalue weighted by Crippen LogP contribution is -2.37. The van der Waals surface area contributed by atoms with Crippen molar-refractivity contribution in [2.24, 2.45) is 5.92 Å². The number of carbonyl (C=O) groups excluding carboxylic acids is 1. The van der Waals surface area contributed by atoms with Crippen LogP contribution in [-0.2, 0) is 0 Å². The maximum absolute atomic E-state index is 11.6. The number of carbonyl (C=O) groups is 1. The van der Waals surface area contributed by atoms with E-state index in [2.05, 4.69) is 29.2 Å². The molecule has 0 radical (unpaired) electrons. The van der Waals surface area contributed by atoms with Gasteiger partial charge in [-0.15, -0.1) is 0 Å². The monoisotopic (exact) mass is 290 g/mol. The summed E-state index contributed by atoms with van der Waals surface area (Å²) in [6.45, 7) is 3.21. The second-order valence-electron chi connectivity index (χ2n) is 6.05. The van der Waals surface area contributed by atoms with Gasteiger partial charge in [-0.2, -0.15) is 0 Å². The lowest BCUT2D eigenvalue weighted by atomic mass is 9.95. The Morgan fingerprint density at radius 2 is 2.05 bits per heavy atom. The standard InChI is InChI=1S/C16H26N4O/c1-18-16(21)13-4-5-15(14(17)10-13)20-8-6-12(7-9-20)11-19(2)3/h4-5,10,12H,6-9,11,17H2,1-3H3,(H,18,21). The number of hydrogen-bond acceptors (Lipinski definition) is 4. The molecule has 1 aliphatic rings. The Bertz CT molecular complexity index is 493. The molecule has 5 nitrogen and oxygen atoms in total. The summed E-state index contributed by atoms with van der Waals surface area (Å²) in [4.78, 5) is 16.2. The Morgan fingerprint density at radius 3 is 2.57 bits per heavy atom. The normalized spacial score (nSPS) is 16.3. The van der Waals surface area contributed by atoms with E-state index in [0.29, 0.717) is 11.3 Å². The van der Waals surface area contributed by atoms with Crippen LogP contribution in [0.4, 0.5) is 11.4 Å². The van der Waals surface area contributed by atoms with Gasteiger partial charge in [-0.05, 0) is 51.1 Å². The average molecular weight is 290 g/mol. The fourth-order valence-corrected chi connectivity index (χ4v) is 3.00. The van der Waals surface area contributed by atoms with Crippen LogP contribution in [0.5, 0.6) is 0 Å². The fraction of sp³-hybridized carbons (Fsp3) is 0.562. The van der Waals surface area contributed by atoms with Crippen molar-refractivity contribution in [3.8, 4) is 0 Å². The summed E-state index contributed by atoms with van der Waals surface area (Å²) in [5.74, 6) is 0.667. The van der Waals surface area contributed by atoms with Gasteiger partial charge in [0, 0.05) is 32.2 Å². The Hall–Kier alpha value is -1.75. The van der Waals surface area contributed by atoms with E-state index in [-0.39, 0.29) is 5.91 Å². The molecule has 1 aliphatic heterocycles. The SMILES string of the molecule is CNC(=O)c1ccc(N2CCC(CN(C)C)CC2)c(N)c1. The summed E-state index contributed by atoms with van der Waals surface area (Å²) in [7, 11) is 5.88. The molecule has 3 N–H and O–H groups in total. The molecular weight excluding hydrogens is 264 g/mol. The third kappa shape index (κ3) is 3.88. The number of rotatable bonds is 4. The van der Waals surface area contributed by atoms with Crippen LogP contribution in [0.25, 0.3) is 0 Å². The molecular formula is C16H26N4O. The van der Waals surface area contributed by atoms with Crippen LogP contribution in [0.2, 0.25) is 0 Å². The topological polar surface area (TPSA) is 61.6 Å². The lowest BCUT2D eigenvalue weighted by molar-refractivity contribution is 0.0963. The minimum Gasteiger partial charge on any atom is -0.397 e. The van der Waals surface area contributed by atoms with Crippen molar-refractivity contribution in [3.05, 3.63) is 23.8 Å². The van der Waals surface area contributed by atoms with Gasteiger partial charge in [-0.1, -0.05) is 0 Å². The molecule has 116 valence electrons. The molecule has 1 fully saturated rings. The van der Waals surface area contributed by atoms with Crippen LogP contribution in [0, 0.1) is 5.92 Å². The summed E-state index contributed by atoms with van der Waals surface area (Å²) in [6.07, 6.45) is 2.38. The summed E-state index contributed by atoms with van der Waals surface area (Å²) >= 11 is 0. The van der Waals surface area contributed by atoms with E-state index in [9.17, 15) is 4.79 Å². The van der Waals surface area contributed by atoms with Gasteiger partial charge in [-0.25, -0.2) is 0 Å². The molecule has 1 amide bonds. The van der Waals surface area contributed by atoms with Crippen molar-refractivity contribution in [2.45, 2.75) is 12.8 Å². The number of nitrogen functional groups attached to an aromatic ring is 1. The maximum atomic E-state index is 11.6. The van der Waals surface area contributed by atoms with Gasteiger partial charge in [-0.3, -0.25) is 4.79 Å². The van der Waals surface area contributed by atoms with Crippen LogP contribution in [0.1, 0.15) is 23.2 Å². The number of anilines is 2. The average Bonchev–Trinajstić information content (AvgIpc) is 2.47. The summed E-state index contributed by atoms with van der Waals surface area (Å²) in [5, 5.41) is 2.62. The molecule has 2 rings (SSSR count). The first-order valence-corrected chi connectivity index (χ1v) is 7.52. The highest BCUT2D eigenvalue weighted by Crippen LogP contribution is 2.29. The first kappa shape index (κ1) is 15.6. The molecule has 21 heavy (non-hydrogen) atoms. The smallest absolute Gasteiger partial charge is 0.251 e. The molecule has 0 spiro atoms. The second kappa shape index (κ2) is 6.80. The van der Waals surface area contributed by atoms with Gasteiger partial charge in [0.2, 0.25) is 0 Å². The van der Waals surface area contributed by atoms with Gasteiger partial charge in [0.1, 0.15) is 0 Å². The molecule has 0 aromatic heterocycles. The highest BCUT2D eigenvalue weighted by atomic mass is 16.1. The zero-order valence-corrected chi connectivity index (χ0v) is 13.2. The van der Waals surface area contributed by atoms with E-state index < -0.39 is 0 Å². The third-order valence-corrected chi connectivity index (χ3v) is 4.10. The molecule has 0 atom stereocenters. The van der Waals surface area contributed by atoms with Crippen molar-refractivity contribution >= 4 is 17.3 Å². The Kier molecular flexibility index (Phi) is 5.07. The van der Waals surface area contributed by atoms with Crippen LogP contribution >= 0.6 is 0 Å². The van der Waals surface area contributed by atoms with E-state index in [1.807, 2.05) is 12.1 Å². The Morgan fingerprint density at radius 1 is 1.38 bits per heavy atom. The predicted molar refractivity (Wildman–Crippen MR) is 87.7 cm³/mol. The molecule has 0 aliphatic carbocycles. The van der Waals surface area contributed by atoms with E-state index in [1.165, 1.54) is 12.8 Å². The van der Waals surface area contributed by atoms with E-state index in [4.69, 9.17) is 5.73 Å². The van der Waals surface area contributed by atoms with Crippen LogP contribution in [0.3, 0.4) is 0 Å². The number of nitrogens with one attached hydrogen (secondary N) is 1. The fourth-order valence-electron chi connectivity index (χ4n) is 3.00. The third-order valence-electron chi connectivity index (χ3n) is 4.10. The number of amides is 1. The summed E-state index contributed by atoms with van der Waals surface area (Å²) in [6, 6.07) is 5.57. The van der Waals surface area contributed by atoms with Gasteiger partial charge in [0.05, 0.1) is 11.4 Å². The van der Waals surface area contributed by atoms with Crippen molar-refractivity contribution in [1.82, 2.24) is 10.2 Å². The molecule has 5 heteroatoms. The number of hydrogen-bond donors (Lipinski definition) is 2. The summed E-state index contributed by atoms with van der Waals surface area (Å²) in [5.41, 5.74) is 8.47. The van der Waals surface area contributed by atoms with Crippen molar-refractivity contribution in [2.75, 3.05) is 51.4 Å². The number of nitrogens with two attached hydrogens (primary N) is 1. The van der Waals surface area contributed by atoms with Crippen molar-refractivity contribution in [1.29, 1.82) is 0 Å². The largest absolute Gasteiger partial charge is 0.397 e. The molecule has 1 heterocycles. The molecule has 0 saturated carbocycles. The van der Waals surface area contributed by atoms with Gasteiger partial charge in [0.15, 0.2) is 0 Å². The number of nitrogens with zero attached hydrogens (tertiary/aromatic N) is 2. The zero-order chi connectivity index (χ0) is 15.4.